The molecular weight excluding hydrogens is 397 g/mol. The zero-order chi connectivity index (χ0) is 18.2. The van der Waals surface area contributed by atoms with E-state index in [1.807, 2.05) is 6.07 Å². The van der Waals surface area contributed by atoms with Crippen molar-refractivity contribution in [3.8, 4) is 0 Å². The minimum atomic E-state index is -4.37. The zero-order valence-electron chi connectivity index (χ0n) is 13.4. The molecule has 1 atom stereocenters. The number of rotatable bonds is 3. The van der Waals surface area contributed by atoms with Crippen LogP contribution in [0, 0.1) is 6.92 Å². The Balaban J connectivity index is 1.97. The third kappa shape index (κ3) is 3.89. The third-order valence-electron chi connectivity index (χ3n) is 3.70. The fraction of sp³-hybridized carbons (Fsp3) is 0.235. The lowest BCUT2D eigenvalue weighted by atomic mass is 10.0. The van der Waals surface area contributed by atoms with E-state index in [2.05, 4.69) is 36.2 Å². The minimum absolute atomic E-state index is 0.376. The maximum Gasteiger partial charge on any atom is 0.416 e. The first-order valence-electron chi connectivity index (χ1n) is 7.47. The summed E-state index contributed by atoms with van der Waals surface area (Å²) in [5.41, 5.74) is 0.364. The van der Waals surface area contributed by atoms with E-state index in [1.165, 1.54) is 6.07 Å². The number of aromatic nitrogens is 3. The van der Waals surface area contributed by atoms with Gasteiger partial charge in [-0.15, -0.1) is 0 Å². The number of hydrogen-bond acceptors (Lipinski definition) is 4. The molecule has 0 aliphatic heterocycles. The largest absolute Gasteiger partial charge is 0.416 e. The lowest BCUT2D eigenvalue weighted by Crippen LogP contribution is -2.12. The van der Waals surface area contributed by atoms with Crippen molar-refractivity contribution in [2.24, 2.45) is 0 Å². The van der Waals surface area contributed by atoms with E-state index in [9.17, 15) is 13.2 Å². The summed E-state index contributed by atoms with van der Waals surface area (Å²) >= 11 is 3.36. The summed E-state index contributed by atoms with van der Waals surface area (Å²) in [5.74, 6) is 1.06. The fourth-order valence-electron chi connectivity index (χ4n) is 2.48. The lowest BCUT2D eigenvalue weighted by Gasteiger charge is -2.18. The minimum Gasteiger partial charge on any atom is -0.363 e. The van der Waals surface area contributed by atoms with Gasteiger partial charge in [0, 0.05) is 16.7 Å². The number of aryl methyl sites for hydroxylation is 1. The predicted molar refractivity (Wildman–Crippen MR) is 93.3 cm³/mol. The highest BCUT2D eigenvalue weighted by Crippen LogP contribution is 2.32. The molecule has 0 aliphatic carbocycles. The van der Waals surface area contributed by atoms with Gasteiger partial charge in [0.25, 0.3) is 0 Å². The lowest BCUT2D eigenvalue weighted by molar-refractivity contribution is -0.137. The van der Waals surface area contributed by atoms with Crippen LogP contribution in [0.5, 0.6) is 0 Å². The highest BCUT2D eigenvalue weighted by molar-refractivity contribution is 9.10. The highest BCUT2D eigenvalue weighted by Gasteiger charge is 2.30. The van der Waals surface area contributed by atoms with Crippen molar-refractivity contribution in [3.05, 3.63) is 58.0 Å². The van der Waals surface area contributed by atoms with Crippen molar-refractivity contribution >= 4 is 32.8 Å². The standard InChI is InChI=1S/C17H14BrF3N4/c1-9(11-4-3-5-12(6-11)17(19,20)21)23-16-14-7-13(18)8-22-15(14)24-10(2)25-16/h3-9H,1-2H3,(H,22,23,24,25)/t9-/m1/s1. The first-order chi connectivity index (χ1) is 11.7. The van der Waals surface area contributed by atoms with Gasteiger partial charge in [0.2, 0.25) is 0 Å². The van der Waals surface area contributed by atoms with Crippen molar-refractivity contribution in [1.29, 1.82) is 0 Å². The number of benzene rings is 1. The molecule has 8 heteroatoms. The second-order valence-corrected chi connectivity index (χ2v) is 6.55. The molecule has 3 aromatic rings. The number of pyridine rings is 1. The maximum atomic E-state index is 12.9. The van der Waals surface area contributed by atoms with Crippen molar-refractivity contribution in [3.63, 3.8) is 0 Å². The summed E-state index contributed by atoms with van der Waals surface area (Å²) in [7, 11) is 0. The molecule has 0 amide bonds. The molecule has 2 heterocycles. The first kappa shape index (κ1) is 17.6. The quantitative estimate of drug-likeness (QED) is 0.637. The van der Waals surface area contributed by atoms with E-state index in [0.29, 0.717) is 28.2 Å². The second kappa shape index (κ2) is 6.59. The molecule has 0 spiro atoms. The third-order valence-corrected chi connectivity index (χ3v) is 4.13. The molecule has 0 bridgehead atoms. The predicted octanol–water partition coefficient (Wildman–Crippen LogP) is 5.29. The van der Waals surface area contributed by atoms with Crippen molar-refractivity contribution in [2.45, 2.75) is 26.1 Å². The highest BCUT2D eigenvalue weighted by atomic mass is 79.9. The Morgan fingerprint density at radius 3 is 2.64 bits per heavy atom. The number of fused-ring (bicyclic) bond motifs is 1. The average Bonchev–Trinajstić information content (AvgIpc) is 2.55. The first-order valence-corrected chi connectivity index (χ1v) is 8.27. The van der Waals surface area contributed by atoms with Crippen LogP contribution in [-0.4, -0.2) is 15.0 Å². The van der Waals surface area contributed by atoms with Gasteiger partial charge in [0.15, 0.2) is 5.65 Å². The molecule has 0 unspecified atom stereocenters. The van der Waals surface area contributed by atoms with Gasteiger partial charge in [-0.05, 0) is 53.5 Å². The van der Waals surface area contributed by atoms with E-state index in [4.69, 9.17) is 0 Å². The van der Waals surface area contributed by atoms with Crippen molar-refractivity contribution < 1.29 is 13.2 Å². The number of nitrogens with one attached hydrogen (secondary N) is 1. The molecule has 0 aliphatic rings. The summed E-state index contributed by atoms with van der Waals surface area (Å²) in [5, 5.41) is 3.86. The summed E-state index contributed by atoms with van der Waals surface area (Å²) in [6.45, 7) is 3.52. The Labute approximate surface area is 150 Å². The summed E-state index contributed by atoms with van der Waals surface area (Å²) in [6.07, 6.45) is -2.74. The smallest absolute Gasteiger partial charge is 0.363 e. The molecule has 4 nitrogen and oxygen atoms in total. The normalized spacial score (nSPS) is 13.0. The zero-order valence-corrected chi connectivity index (χ0v) is 15.0. The summed E-state index contributed by atoms with van der Waals surface area (Å²) < 4.78 is 39.5. The van der Waals surface area contributed by atoms with E-state index < -0.39 is 11.7 Å². The molecular formula is C17H14BrF3N4. The Kier molecular flexibility index (Phi) is 4.64. The number of hydrogen-bond donors (Lipinski definition) is 1. The molecule has 130 valence electrons. The van der Waals surface area contributed by atoms with Gasteiger partial charge in [-0.1, -0.05) is 12.1 Å². The van der Waals surface area contributed by atoms with E-state index >= 15 is 0 Å². The van der Waals surface area contributed by atoms with Crippen LogP contribution in [0.15, 0.2) is 41.0 Å². The van der Waals surface area contributed by atoms with Crippen molar-refractivity contribution in [1.82, 2.24) is 15.0 Å². The van der Waals surface area contributed by atoms with Gasteiger partial charge in [0.05, 0.1) is 10.9 Å². The Morgan fingerprint density at radius 1 is 1.16 bits per heavy atom. The number of anilines is 1. The second-order valence-electron chi connectivity index (χ2n) is 5.63. The SMILES string of the molecule is Cc1nc(N[C@H](C)c2cccc(C(F)(F)F)c2)c2cc(Br)cnc2n1. The molecule has 0 saturated heterocycles. The van der Waals surface area contributed by atoms with Crippen LogP contribution in [0.2, 0.25) is 0 Å². The molecule has 1 aromatic carbocycles. The summed E-state index contributed by atoms with van der Waals surface area (Å²) in [6, 6.07) is 6.69. The Hall–Kier alpha value is -2.22. The average molecular weight is 411 g/mol. The number of nitrogens with zero attached hydrogens (tertiary/aromatic N) is 3. The van der Waals surface area contributed by atoms with Gasteiger partial charge >= 0.3 is 6.18 Å². The van der Waals surface area contributed by atoms with Crippen LogP contribution in [-0.2, 0) is 6.18 Å². The van der Waals surface area contributed by atoms with Crippen LogP contribution in [0.1, 0.15) is 29.9 Å². The molecule has 0 radical (unpaired) electrons. The van der Waals surface area contributed by atoms with E-state index in [1.54, 1.807) is 26.1 Å². The molecule has 1 N–H and O–H groups in total. The molecule has 0 fully saturated rings. The molecule has 0 saturated carbocycles. The van der Waals surface area contributed by atoms with Gasteiger partial charge in [0.1, 0.15) is 11.6 Å². The van der Waals surface area contributed by atoms with Crippen LogP contribution < -0.4 is 5.32 Å². The fourth-order valence-corrected chi connectivity index (χ4v) is 2.81. The topological polar surface area (TPSA) is 50.7 Å². The van der Waals surface area contributed by atoms with Crippen LogP contribution >= 0.6 is 15.9 Å². The molecule has 3 rings (SSSR count). The van der Waals surface area contributed by atoms with E-state index in [-0.39, 0.29) is 6.04 Å². The summed E-state index contributed by atoms with van der Waals surface area (Å²) in [4.78, 5) is 12.9. The Morgan fingerprint density at radius 2 is 1.92 bits per heavy atom. The molecule has 2 aromatic heterocycles. The van der Waals surface area contributed by atoms with Gasteiger partial charge in [-0.3, -0.25) is 0 Å². The van der Waals surface area contributed by atoms with Crippen LogP contribution in [0.25, 0.3) is 11.0 Å². The number of alkyl halides is 3. The Bertz CT molecular complexity index is 927. The van der Waals surface area contributed by atoms with Gasteiger partial charge in [-0.2, -0.15) is 13.2 Å². The van der Waals surface area contributed by atoms with Crippen molar-refractivity contribution in [2.75, 3.05) is 5.32 Å². The maximum absolute atomic E-state index is 12.9. The van der Waals surface area contributed by atoms with Gasteiger partial charge < -0.3 is 5.32 Å². The molecule has 25 heavy (non-hydrogen) atoms. The van der Waals surface area contributed by atoms with E-state index in [0.717, 1.165) is 16.6 Å². The van der Waals surface area contributed by atoms with Crippen LogP contribution in [0.3, 0.4) is 0 Å². The monoisotopic (exact) mass is 410 g/mol. The number of halogens is 4. The van der Waals surface area contributed by atoms with Gasteiger partial charge in [-0.25, -0.2) is 15.0 Å². The van der Waals surface area contributed by atoms with Crippen LogP contribution in [0.4, 0.5) is 19.0 Å².